The van der Waals surface area contributed by atoms with Crippen molar-refractivity contribution >= 4 is 11.8 Å². The summed E-state index contributed by atoms with van der Waals surface area (Å²) in [6.45, 7) is 0.216. The van der Waals surface area contributed by atoms with Gasteiger partial charge in [-0.05, 0) is 29.3 Å². The Balaban J connectivity index is 1.40. The van der Waals surface area contributed by atoms with Gasteiger partial charge in [0.05, 0.1) is 24.3 Å². The minimum atomic E-state index is -0.331. The number of nitrogens with zero attached hydrogens (tertiary/aromatic N) is 3. The molecule has 2 amide bonds. The zero-order valence-corrected chi connectivity index (χ0v) is 17.3. The van der Waals surface area contributed by atoms with Gasteiger partial charge in [-0.2, -0.15) is 0 Å². The largest absolute Gasteiger partial charge is 0.394 e. The van der Waals surface area contributed by atoms with Gasteiger partial charge in [-0.3, -0.25) is 14.6 Å². The lowest BCUT2D eigenvalue weighted by molar-refractivity contribution is -0.159. The summed E-state index contributed by atoms with van der Waals surface area (Å²) in [4.78, 5) is 32.9. The van der Waals surface area contributed by atoms with E-state index < -0.39 is 0 Å². The van der Waals surface area contributed by atoms with Gasteiger partial charge in [-0.25, -0.2) is 4.39 Å². The summed E-state index contributed by atoms with van der Waals surface area (Å²) in [6.07, 6.45) is 3.09. The Morgan fingerprint density at radius 2 is 1.88 bits per heavy atom. The van der Waals surface area contributed by atoms with E-state index in [9.17, 15) is 19.1 Å². The number of hydrogen-bond acceptors (Lipinski definition) is 4. The third kappa shape index (κ3) is 3.35. The third-order valence-corrected chi connectivity index (χ3v) is 6.43. The summed E-state index contributed by atoms with van der Waals surface area (Å²) in [5.74, 6) is -0.794. The Bertz CT molecular complexity index is 1150. The molecule has 2 aromatic carbocycles. The predicted molar refractivity (Wildman–Crippen MR) is 116 cm³/mol. The SMILES string of the molecule is O=C(c1cccnc1)N1CC(=O)N2[C@H](CO)[C@@H](c3ccc(-c4ccccc4F)cc3)[C@@H]2C1. The molecule has 5 rings (SSSR count). The van der Waals surface area contributed by atoms with Crippen LogP contribution < -0.4 is 0 Å². The van der Waals surface area contributed by atoms with E-state index in [4.69, 9.17) is 0 Å². The molecule has 2 aliphatic heterocycles. The minimum Gasteiger partial charge on any atom is -0.394 e. The van der Waals surface area contributed by atoms with Gasteiger partial charge in [0.1, 0.15) is 12.4 Å². The first kappa shape index (κ1) is 20.3. The summed E-state index contributed by atoms with van der Waals surface area (Å²) in [5.41, 5.74) is 2.68. The molecule has 0 aliphatic carbocycles. The second-order valence-electron chi connectivity index (χ2n) is 8.17. The van der Waals surface area contributed by atoms with E-state index in [0.29, 0.717) is 17.7 Å². The lowest BCUT2D eigenvalue weighted by Crippen LogP contribution is -2.73. The number of piperazine rings is 1. The van der Waals surface area contributed by atoms with E-state index in [2.05, 4.69) is 4.98 Å². The number of aromatic nitrogens is 1. The van der Waals surface area contributed by atoms with Crippen molar-refractivity contribution in [1.82, 2.24) is 14.8 Å². The summed E-state index contributed by atoms with van der Waals surface area (Å²) in [7, 11) is 0. The maximum absolute atomic E-state index is 14.1. The molecule has 0 radical (unpaired) electrons. The molecule has 32 heavy (non-hydrogen) atoms. The van der Waals surface area contributed by atoms with E-state index in [1.807, 2.05) is 24.3 Å². The van der Waals surface area contributed by atoms with Gasteiger partial charge < -0.3 is 14.9 Å². The number of aliphatic hydroxyl groups is 1. The number of pyridine rings is 1. The Morgan fingerprint density at radius 3 is 2.56 bits per heavy atom. The molecule has 2 fully saturated rings. The number of halogens is 1. The van der Waals surface area contributed by atoms with Crippen molar-refractivity contribution in [2.75, 3.05) is 19.7 Å². The molecule has 7 heteroatoms. The van der Waals surface area contributed by atoms with Crippen molar-refractivity contribution in [3.05, 3.63) is 90.0 Å². The Morgan fingerprint density at radius 1 is 1.09 bits per heavy atom. The average Bonchev–Trinajstić information content (AvgIpc) is 2.81. The molecule has 0 bridgehead atoms. The molecule has 162 valence electrons. The van der Waals surface area contributed by atoms with Crippen molar-refractivity contribution in [3.8, 4) is 11.1 Å². The van der Waals surface area contributed by atoms with Crippen molar-refractivity contribution in [3.63, 3.8) is 0 Å². The number of fused-ring (bicyclic) bond motifs is 1. The number of hydrogen-bond donors (Lipinski definition) is 1. The highest BCUT2D eigenvalue weighted by molar-refractivity contribution is 5.97. The Kier molecular flexibility index (Phi) is 5.19. The molecule has 2 saturated heterocycles. The van der Waals surface area contributed by atoms with Crippen LogP contribution in [0, 0.1) is 5.82 Å². The zero-order chi connectivity index (χ0) is 22.2. The highest BCUT2D eigenvalue weighted by Gasteiger charge is 2.54. The van der Waals surface area contributed by atoms with Gasteiger partial charge in [-0.15, -0.1) is 0 Å². The van der Waals surface area contributed by atoms with Crippen molar-refractivity contribution < 1.29 is 19.1 Å². The number of carbonyl (C=O) groups is 2. The van der Waals surface area contributed by atoms with Crippen molar-refractivity contribution in [1.29, 1.82) is 0 Å². The fourth-order valence-corrected chi connectivity index (χ4v) is 4.91. The zero-order valence-electron chi connectivity index (χ0n) is 17.3. The van der Waals surface area contributed by atoms with Crippen LogP contribution in [0.25, 0.3) is 11.1 Å². The van der Waals surface area contributed by atoms with E-state index in [0.717, 1.165) is 11.1 Å². The van der Waals surface area contributed by atoms with Crippen LogP contribution in [0.4, 0.5) is 4.39 Å². The monoisotopic (exact) mass is 431 g/mol. The standard InChI is InChI=1S/C25H22FN3O3/c26-20-6-2-1-5-19(20)16-7-9-17(10-8-16)24-21-13-28(14-23(31)29(21)22(24)15-30)25(32)18-4-3-11-27-12-18/h1-12,21-22,24,30H,13-15H2/t21-,22+,24-/m0/s1. The molecule has 0 unspecified atom stereocenters. The first-order valence-corrected chi connectivity index (χ1v) is 10.5. The summed E-state index contributed by atoms with van der Waals surface area (Å²) in [5, 5.41) is 9.96. The Hall–Kier alpha value is -3.58. The molecule has 1 N–H and O–H groups in total. The second kappa shape index (κ2) is 8.16. The second-order valence-corrected chi connectivity index (χ2v) is 8.17. The van der Waals surface area contributed by atoms with Crippen LogP contribution in [0.15, 0.2) is 73.1 Å². The van der Waals surface area contributed by atoms with E-state index in [1.165, 1.54) is 12.3 Å². The predicted octanol–water partition coefficient (Wildman–Crippen LogP) is 2.70. The van der Waals surface area contributed by atoms with Gasteiger partial charge in [0.15, 0.2) is 0 Å². The number of amides is 2. The first-order chi connectivity index (χ1) is 15.6. The summed E-state index contributed by atoms with van der Waals surface area (Å²) < 4.78 is 14.1. The molecule has 1 aromatic heterocycles. The van der Waals surface area contributed by atoms with Gasteiger partial charge in [0, 0.05) is 30.4 Å². The first-order valence-electron chi connectivity index (χ1n) is 10.5. The number of carbonyl (C=O) groups excluding carboxylic acids is 2. The molecule has 2 aliphatic rings. The lowest BCUT2D eigenvalue weighted by atomic mass is 9.73. The van der Waals surface area contributed by atoms with Gasteiger partial charge >= 0.3 is 0 Å². The molecule has 0 spiro atoms. The van der Waals surface area contributed by atoms with Gasteiger partial charge in [-0.1, -0.05) is 42.5 Å². The molecule has 3 heterocycles. The summed E-state index contributed by atoms with van der Waals surface area (Å²) >= 11 is 0. The highest BCUT2D eigenvalue weighted by Crippen LogP contribution is 2.43. The molecule has 0 saturated carbocycles. The number of benzene rings is 2. The lowest BCUT2D eigenvalue weighted by Gasteiger charge is -2.58. The van der Waals surface area contributed by atoms with Crippen LogP contribution in [0.5, 0.6) is 0 Å². The van der Waals surface area contributed by atoms with Crippen LogP contribution in [-0.4, -0.2) is 63.5 Å². The fourth-order valence-electron chi connectivity index (χ4n) is 4.91. The summed E-state index contributed by atoms with van der Waals surface area (Å²) in [6, 6.07) is 17.0. The quantitative estimate of drug-likeness (QED) is 0.690. The van der Waals surface area contributed by atoms with Crippen LogP contribution >= 0.6 is 0 Å². The van der Waals surface area contributed by atoms with Gasteiger partial charge in [0.25, 0.3) is 5.91 Å². The van der Waals surface area contributed by atoms with Crippen molar-refractivity contribution in [2.45, 2.75) is 18.0 Å². The Labute approximate surface area is 184 Å². The minimum absolute atomic E-state index is 0.0142. The van der Waals surface area contributed by atoms with Crippen LogP contribution in [0.1, 0.15) is 21.8 Å². The van der Waals surface area contributed by atoms with Crippen molar-refractivity contribution in [2.24, 2.45) is 0 Å². The normalized spacial score (nSPS) is 22.3. The third-order valence-electron chi connectivity index (χ3n) is 6.43. The number of rotatable bonds is 4. The highest BCUT2D eigenvalue weighted by atomic mass is 19.1. The molecular weight excluding hydrogens is 409 g/mol. The van der Waals surface area contributed by atoms with E-state index in [-0.39, 0.29) is 48.8 Å². The smallest absolute Gasteiger partial charge is 0.255 e. The van der Waals surface area contributed by atoms with Crippen LogP contribution in [0.3, 0.4) is 0 Å². The maximum atomic E-state index is 14.1. The molecular formula is C25H22FN3O3. The van der Waals surface area contributed by atoms with E-state index >= 15 is 0 Å². The fraction of sp³-hybridized carbons (Fsp3) is 0.240. The van der Waals surface area contributed by atoms with E-state index in [1.54, 1.807) is 46.3 Å². The van der Waals surface area contributed by atoms with Gasteiger partial charge in [0.2, 0.25) is 5.91 Å². The molecule has 3 aromatic rings. The van der Waals surface area contributed by atoms with Crippen LogP contribution in [0.2, 0.25) is 0 Å². The number of aliphatic hydroxyl groups excluding tert-OH is 1. The molecule has 6 nitrogen and oxygen atoms in total. The maximum Gasteiger partial charge on any atom is 0.255 e. The topological polar surface area (TPSA) is 73.7 Å². The van der Waals surface area contributed by atoms with Crippen LogP contribution in [-0.2, 0) is 4.79 Å². The molecule has 3 atom stereocenters. The average molecular weight is 431 g/mol.